The van der Waals surface area contributed by atoms with Crippen molar-refractivity contribution >= 4 is 6.03 Å². The Bertz CT molecular complexity index is 534. The molecule has 2 atom stereocenters. The first-order valence-electron chi connectivity index (χ1n) is 8.43. The monoisotopic (exact) mass is 323 g/mol. The van der Waals surface area contributed by atoms with E-state index in [0.29, 0.717) is 32.6 Å². The molecule has 1 aromatic heterocycles. The van der Waals surface area contributed by atoms with Crippen molar-refractivity contribution in [2.45, 2.75) is 45.4 Å². The zero-order valence-corrected chi connectivity index (χ0v) is 13.9. The summed E-state index contributed by atoms with van der Waals surface area (Å²) in [7, 11) is 0. The Hall–Kier alpha value is -1.56. The van der Waals surface area contributed by atoms with Crippen molar-refractivity contribution in [1.82, 2.24) is 15.1 Å². The maximum absolute atomic E-state index is 14.7. The Morgan fingerprint density at radius 2 is 2.30 bits per heavy atom. The Labute approximate surface area is 136 Å². The molecule has 2 aliphatic rings. The summed E-state index contributed by atoms with van der Waals surface area (Å²) in [4.78, 5) is 16.3. The smallest absolute Gasteiger partial charge is 0.317 e. The molecule has 3 heterocycles. The van der Waals surface area contributed by atoms with Gasteiger partial charge >= 0.3 is 6.03 Å². The van der Waals surface area contributed by atoms with Crippen LogP contribution in [0.3, 0.4) is 0 Å². The Morgan fingerprint density at radius 3 is 3.00 bits per heavy atom. The van der Waals surface area contributed by atoms with E-state index in [-0.39, 0.29) is 12.1 Å². The van der Waals surface area contributed by atoms with Gasteiger partial charge in [0, 0.05) is 31.1 Å². The number of nitrogens with one attached hydrogen (secondary N) is 1. The van der Waals surface area contributed by atoms with E-state index in [1.54, 1.807) is 11.2 Å². The van der Waals surface area contributed by atoms with Crippen LogP contribution in [0.5, 0.6) is 0 Å². The van der Waals surface area contributed by atoms with Crippen molar-refractivity contribution in [3.63, 3.8) is 0 Å². The number of amides is 2. The number of rotatable bonds is 3. The third-order valence-corrected chi connectivity index (χ3v) is 4.95. The van der Waals surface area contributed by atoms with Gasteiger partial charge in [-0.1, -0.05) is 0 Å². The van der Waals surface area contributed by atoms with E-state index >= 15 is 0 Å². The number of likely N-dealkylation sites (tertiary alicyclic amines) is 2. The first kappa shape index (κ1) is 16.3. The van der Waals surface area contributed by atoms with Gasteiger partial charge in [-0.15, -0.1) is 0 Å². The SMILES string of the molecule is CC(C)NC(=O)N1CC[C@@H](F)[C@@]2(CCN(Cc3ccco3)C2)C1. The summed E-state index contributed by atoms with van der Waals surface area (Å²) in [6.45, 7) is 7.12. The van der Waals surface area contributed by atoms with E-state index in [2.05, 4.69) is 10.2 Å². The lowest BCUT2D eigenvalue weighted by Crippen LogP contribution is -2.56. The van der Waals surface area contributed by atoms with Gasteiger partial charge in [-0.25, -0.2) is 9.18 Å². The number of alkyl halides is 1. The predicted octanol–water partition coefficient (Wildman–Crippen LogP) is 2.63. The van der Waals surface area contributed by atoms with Gasteiger partial charge in [-0.05, 0) is 45.4 Å². The van der Waals surface area contributed by atoms with Crippen LogP contribution in [0.2, 0.25) is 0 Å². The van der Waals surface area contributed by atoms with Gasteiger partial charge in [-0.2, -0.15) is 0 Å². The number of nitrogens with zero attached hydrogens (tertiary/aromatic N) is 2. The fourth-order valence-corrected chi connectivity index (χ4v) is 3.77. The van der Waals surface area contributed by atoms with Crippen molar-refractivity contribution in [1.29, 1.82) is 0 Å². The van der Waals surface area contributed by atoms with E-state index in [0.717, 1.165) is 18.7 Å². The molecule has 0 aromatic carbocycles. The van der Waals surface area contributed by atoms with Crippen LogP contribution in [0.25, 0.3) is 0 Å². The molecule has 5 nitrogen and oxygen atoms in total. The van der Waals surface area contributed by atoms with Crippen LogP contribution in [0.1, 0.15) is 32.4 Å². The molecular formula is C17H26FN3O2. The second-order valence-electron chi connectivity index (χ2n) is 7.18. The second kappa shape index (κ2) is 6.51. The molecule has 2 saturated heterocycles. The van der Waals surface area contributed by atoms with Crippen molar-refractivity contribution < 1.29 is 13.6 Å². The van der Waals surface area contributed by atoms with Crippen molar-refractivity contribution in [3.05, 3.63) is 24.2 Å². The standard InChI is InChI=1S/C17H26FN3O2/c1-13(2)19-16(22)21-7-5-15(18)17(12-21)6-8-20(11-17)10-14-4-3-9-23-14/h3-4,9,13,15H,5-8,10-12H2,1-2H3,(H,19,22)/t15-,17-/m1/s1. The lowest BCUT2D eigenvalue weighted by molar-refractivity contribution is 0.0242. The Morgan fingerprint density at radius 1 is 1.48 bits per heavy atom. The number of halogens is 1. The van der Waals surface area contributed by atoms with Gasteiger partial charge < -0.3 is 14.6 Å². The van der Waals surface area contributed by atoms with Crippen molar-refractivity contribution in [2.75, 3.05) is 26.2 Å². The van der Waals surface area contributed by atoms with E-state index in [9.17, 15) is 9.18 Å². The predicted molar refractivity (Wildman–Crippen MR) is 85.8 cm³/mol. The maximum atomic E-state index is 14.7. The molecule has 0 saturated carbocycles. The molecule has 128 valence electrons. The third-order valence-electron chi connectivity index (χ3n) is 4.95. The van der Waals surface area contributed by atoms with Crippen molar-refractivity contribution in [2.24, 2.45) is 5.41 Å². The van der Waals surface area contributed by atoms with Crippen LogP contribution in [0.4, 0.5) is 9.18 Å². The molecule has 23 heavy (non-hydrogen) atoms. The molecule has 3 rings (SSSR count). The molecule has 2 aliphatic heterocycles. The highest BCUT2D eigenvalue weighted by atomic mass is 19.1. The van der Waals surface area contributed by atoms with Crippen LogP contribution in [-0.2, 0) is 6.54 Å². The topological polar surface area (TPSA) is 48.7 Å². The summed E-state index contributed by atoms with van der Waals surface area (Å²) >= 11 is 0. The van der Waals surface area contributed by atoms with Crippen LogP contribution in [0.15, 0.2) is 22.8 Å². The van der Waals surface area contributed by atoms with E-state index < -0.39 is 11.6 Å². The number of hydrogen-bond acceptors (Lipinski definition) is 3. The van der Waals surface area contributed by atoms with Crippen LogP contribution < -0.4 is 5.32 Å². The van der Waals surface area contributed by atoms with E-state index in [4.69, 9.17) is 4.42 Å². The highest BCUT2D eigenvalue weighted by Gasteiger charge is 2.49. The van der Waals surface area contributed by atoms with Gasteiger partial charge in [0.2, 0.25) is 0 Å². The largest absolute Gasteiger partial charge is 0.468 e. The first-order valence-corrected chi connectivity index (χ1v) is 8.43. The second-order valence-corrected chi connectivity index (χ2v) is 7.18. The molecule has 1 spiro atoms. The molecule has 1 aromatic rings. The minimum absolute atomic E-state index is 0.0734. The number of piperidine rings is 1. The average molecular weight is 323 g/mol. The highest BCUT2D eigenvalue weighted by molar-refractivity contribution is 5.74. The minimum Gasteiger partial charge on any atom is -0.468 e. The quantitative estimate of drug-likeness (QED) is 0.930. The number of hydrogen-bond donors (Lipinski definition) is 1. The zero-order valence-electron chi connectivity index (χ0n) is 13.9. The normalized spacial score (nSPS) is 28.7. The maximum Gasteiger partial charge on any atom is 0.317 e. The summed E-state index contributed by atoms with van der Waals surface area (Å²) in [5.74, 6) is 0.905. The van der Waals surface area contributed by atoms with Crippen LogP contribution >= 0.6 is 0 Å². The molecule has 0 bridgehead atoms. The molecule has 0 radical (unpaired) electrons. The van der Waals surface area contributed by atoms with Gasteiger partial charge in [0.1, 0.15) is 11.9 Å². The summed E-state index contributed by atoms with van der Waals surface area (Å²) in [5.41, 5.74) is -0.431. The molecular weight excluding hydrogens is 297 g/mol. The first-order chi connectivity index (χ1) is 11.0. The number of carbonyl (C=O) groups excluding carboxylic acids is 1. The van der Waals surface area contributed by atoms with Crippen LogP contribution in [-0.4, -0.2) is 54.2 Å². The average Bonchev–Trinajstić information content (AvgIpc) is 3.13. The van der Waals surface area contributed by atoms with Gasteiger partial charge in [-0.3, -0.25) is 4.90 Å². The summed E-state index contributed by atoms with van der Waals surface area (Å²) < 4.78 is 20.1. The summed E-state index contributed by atoms with van der Waals surface area (Å²) in [5, 5.41) is 2.92. The number of furan rings is 1. The minimum atomic E-state index is -0.841. The number of urea groups is 1. The highest BCUT2D eigenvalue weighted by Crippen LogP contribution is 2.41. The molecule has 2 amide bonds. The fraction of sp³-hybridized carbons (Fsp3) is 0.706. The fourth-order valence-electron chi connectivity index (χ4n) is 3.77. The summed E-state index contributed by atoms with van der Waals surface area (Å²) in [6.07, 6.45) is 2.05. The Balaban J connectivity index is 1.64. The van der Waals surface area contributed by atoms with Crippen molar-refractivity contribution in [3.8, 4) is 0 Å². The van der Waals surface area contributed by atoms with Crippen LogP contribution in [0, 0.1) is 5.41 Å². The van der Waals surface area contributed by atoms with E-state index in [1.807, 2.05) is 26.0 Å². The molecule has 6 heteroatoms. The Kier molecular flexibility index (Phi) is 4.62. The van der Waals surface area contributed by atoms with Gasteiger partial charge in [0.15, 0.2) is 0 Å². The lowest BCUT2D eigenvalue weighted by Gasteiger charge is -2.43. The third kappa shape index (κ3) is 3.52. The number of carbonyl (C=O) groups is 1. The van der Waals surface area contributed by atoms with Gasteiger partial charge in [0.05, 0.1) is 12.8 Å². The molecule has 2 fully saturated rings. The molecule has 1 N–H and O–H groups in total. The van der Waals surface area contributed by atoms with Gasteiger partial charge in [0.25, 0.3) is 0 Å². The zero-order chi connectivity index (χ0) is 16.4. The molecule has 0 aliphatic carbocycles. The summed E-state index contributed by atoms with van der Waals surface area (Å²) in [6, 6.07) is 3.84. The molecule has 0 unspecified atom stereocenters. The lowest BCUT2D eigenvalue weighted by atomic mass is 9.77. The van der Waals surface area contributed by atoms with E-state index in [1.165, 1.54) is 0 Å².